The summed E-state index contributed by atoms with van der Waals surface area (Å²) >= 11 is 6.58. The number of aromatic nitrogens is 1. The van der Waals surface area contributed by atoms with E-state index in [4.69, 9.17) is 21.1 Å². The summed E-state index contributed by atoms with van der Waals surface area (Å²) in [6.45, 7) is 1.93. The fourth-order valence-electron chi connectivity index (χ4n) is 1.90. The summed E-state index contributed by atoms with van der Waals surface area (Å²) in [5.74, 6) is 1.27. The number of nitrogens with one attached hydrogen (secondary N) is 1. The van der Waals surface area contributed by atoms with E-state index < -0.39 is 16.1 Å². The van der Waals surface area contributed by atoms with Crippen LogP contribution in [0.5, 0.6) is 11.5 Å². The van der Waals surface area contributed by atoms with Crippen molar-refractivity contribution >= 4 is 33.0 Å². The van der Waals surface area contributed by atoms with Crippen molar-refractivity contribution in [2.24, 2.45) is 0 Å². The zero-order valence-electron chi connectivity index (χ0n) is 10.9. The summed E-state index contributed by atoms with van der Waals surface area (Å²) in [4.78, 5) is 3.74. The molecule has 2 aromatic rings. The van der Waals surface area contributed by atoms with Crippen LogP contribution in [-0.2, 0) is 10.0 Å². The van der Waals surface area contributed by atoms with E-state index in [1.54, 1.807) is 25.1 Å². The quantitative estimate of drug-likeness (QED) is 0.920. The normalized spacial score (nSPS) is 15.1. The minimum atomic E-state index is -3.65. The third kappa shape index (κ3) is 2.98. The monoisotopic (exact) mass is 346 g/mol. The number of thiazole rings is 1. The van der Waals surface area contributed by atoms with Gasteiger partial charge in [-0.25, -0.2) is 18.1 Å². The average Bonchev–Trinajstić information content (AvgIpc) is 3.05. The van der Waals surface area contributed by atoms with E-state index in [1.165, 1.54) is 6.20 Å². The van der Waals surface area contributed by atoms with Crippen molar-refractivity contribution in [2.75, 3.05) is 6.79 Å². The Hall–Kier alpha value is -1.35. The van der Waals surface area contributed by atoms with Crippen LogP contribution in [0.2, 0.25) is 4.47 Å². The molecule has 0 bridgehead atoms. The molecule has 1 N–H and O–H groups in total. The van der Waals surface area contributed by atoms with Gasteiger partial charge in [-0.3, -0.25) is 0 Å². The summed E-state index contributed by atoms with van der Waals surface area (Å²) in [5.41, 5.74) is 0.776. The lowest BCUT2D eigenvalue weighted by molar-refractivity contribution is 0.174. The summed E-state index contributed by atoms with van der Waals surface area (Å²) < 4.78 is 37.8. The standard InChI is InChI=1S/C12H11ClN2O4S2/c1-7(8-2-3-9-10(4-8)19-6-18-9)15-21(16,17)11-5-14-12(13)20-11/h2-5,7,15H,6H2,1H3. The molecule has 1 atom stereocenters. The number of hydrogen-bond donors (Lipinski definition) is 1. The van der Waals surface area contributed by atoms with Crippen molar-refractivity contribution in [3.05, 3.63) is 34.4 Å². The third-order valence-corrected chi connectivity index (χ3v) is 6.07. The molecule has 0 radical (unpaired) electrons. The Kier molecular flexibility index (Phi) is 3.78. The van der Waals surface area contributed by atoms with Crippen LogP contribution in [-0.4, -0.2) is 20.2 Å². The summed E-state index contributed by atoms with van der Waals surface area (Å²) in [7, 11) is -3.65. The third-order valence-electron chi connectivity index (χ3n) is 2.95. The maximum absolute atomic E-state index is 12.2. The van der Waals surface area contributed by atoms with Crippen molar-refractivity contribution in [2.45, 2.75) is 17.2 Å². The van der Waals surface area contributed by atoms with Crippen LogP contribution in [0.3, 0.4) is 0 Å². The van der Waals surface area contributed by atoms with Crippen molar-refractivity contribution in [1.82, 2.24) is 9.71 Å². The second kappa shape index (κ2) is 5.45. The number of halogens is 1. The second-order valence-electron chi connectivity index (χ2n) is 4.39. The first-order valence-corrected chi connectivity index (χ1v) is 8.67. The van der Waals surface area contributed by atoms with Gasteiger partial charge < -0.3 is 9.47 Å². The Morgan fingerprint density at radius 1 is 1.38 bits per heavy atom. The van der Waals surface area contributed by atoms with Gasteiger partial charge >= 0.3 is 0 Å². The molecule has 2 heterocycles. The van der Waals surface area contributed by atoms with Crippen molar-refractivity contribution < 1.29 is 17.9 Å². The number of fused-ring (bicyclic) bond motifs is 1. The van der Waals surface area contributed by atoms with Crippen LogP contribution in [0, 0.1) is 0 Å². The van der Waals surface area contributed by atoms with Gasteiger partial charge in [0.15, 0.2) is 20.2 Å². The minimum absolute atomic E-state index is 0.0834. The van der Waals surface area contributed by atoms with Gasteiger partial charge in [0.1, 0.15) is 0 Å². The van der Waals surface area contributed by atoms with Crippen molar-refractivity contribution in [1.29, 1.82) is 0 Å². The van der Waals surface area contributed by atoms with E-state index in [0.717, 1.165) is 16.9 Å². The Labute approximate surface area is 130 Å². The van der Waals surface area contributed by atoms with Gasteiger partial charge in [0.25, 0.3) is 10.0 Å². The molecule has 1 aliphatic heterocycles. The van der Waals surface area contributed by atoms with Crippen molar-refractivity contribution in [3.63, 3.8) is 0 Å². The molecule has 0 saturated carbocycles. The van der Waals surface area contributed by atoms with Gasteiger partial charge in [-0.2, -0.15) is 0 Å². The first-order chi connectivity index (χ1) is 9.95. The van der Waals surface area contributed by atoms with Gasteiger partial charge in [-0.05, 0) is 24.6 Å². The fourth-order valence-corrected chi connectivity index (χ4v) is 4.45. The van der Waals surface area contributed by atoms with E-state index in [2.05, 4.69) is 9.71 Å². The lowest BCUT2D eigenvalue weighted by Crippen LogP contribution is -2.26. The fraction of sp³-hybridized carbons (Fsp3) is 0.250. The molecule has 3 rings (SSSR count). The van der Waals surface area contributed by atoms with Gasteiger partial charge in [-0.1, -0.05) is 29.0 Å². The van der Waals surface area contributed by atoms with Crippen LogP contribution >= 0.6 is 22.9 Å². The Morgan fingerprint density at radius 3 is 2.86 bits per heavy atom. The molecule has 0 spiro atoms. The Bertz CT molecular complexity index is 775. The zero-order valence-corrected chi connectivity index (χ0v) is 13.3. The van der Waals surface area contributed by atoms with Gasteiger partial charge in [0.2, 0.25) is 6.79 Å². The second-order valence-corrected chi connectivity index (χ2v) is 7.94. The van der Waals surface area contributed by atoms with Crippen LogP contribution in [0.15, 0.2) is 28.6 Å². The minimum Gasteiger partial charge on any atom is -0.454 e. The number of nitrogens with zero attached hydrogens (tertiary/aromatic N) is 1. The predicted octanol–water partition coefficient (Wildman–Crippen LogP) is 2.56. The summed E-state index contributed by atoms with van der Waals surface area (Å²) in [6.07, 6.45) is 1.24. The Morgan fingerprint density at radius 2 is 2.14 bits per heavy atom. The molecule has 0 aliphatic carbocycles. The molecule has 21 heavy (non-hydrogen) atoms. The number of benzene rings is 1. The molecule has 9 heteroatoms. The molecular weight excluding hydrogens is 336 g/mol. The highest BCUT2D eigenvalue weighted by molar-refractivity contribution is 7.91. The van der Waals surface area contributed by atoms with Gasteiger partial charge in [-0.15, -0.1) is 0 Å². The molecule has 0 saturated heterocycles. The van der Waals surface area contributed by atoms with E-state index >= 15 is 0 Å². The maximum atomic E-state index is 12.2. The van der Waals surface area contributed by atoms with Crippen molar-refractivity contribution in [3.8, 4) is 11.5 Å². The SMILES string of the molecule is CC(NS(=O)(=O)c1cnc(Cl)s1)c1ccc2c(c1)OCO2. The van der Waals surface area contributed by atoms with E-state index in [-0.39, 0.29) is 15.5 Å². The Balaban J connectivity index is 1.81. The van der Waals surface area contributed by atoms with Crippen LogP contribution in [0.4, 0.5) is 0 Å². The van der Waals surface area contributed by atoms with E-state index in [0.29, 0.717) is 11.5 Å². The largest absolute Gasteiger partial charge is 0.454 e. The molecule has 6 nitrogen and oxygen atoms in total. The molecule has 1 aromatic carbocycles. The maximum Gasteiger partial charge on any atom is 0.252 e. The topological polar surface area (TPSA) is 77.5 Å². The average molecular weight is 347 g/mol. The highest BCUT2D eigenvalue weighted by atomic mass is 35.5. The zero-order chi connectivity index (χ0) is 15.0. The summed E-state index contributed by atoms with van der Waals surface area (Å²) in [5, 5.41) is 0. The van der Waals surface area contributed by atoms with Gasteiger partial charge in [0.05, 0.1) is 6.20 Å². The number of sulfonamides is 1. The van der Waals surface area contributed by atoms with Crippen LogP contribution < -0.4 is 14.2 Å². The lowest BCUT2D eigenvalue weighted by Gasteiger charge is -2.14. The summed E-state index contributed by atoms with van der Waals surface area (Å²) in [6, 6.07) is 4.88. The number of ether oxygens (including phenoxy) is 2. The number of hydrogen-bond acceptors (Lipinski definition) is 6. The molecule has 0 fully saturated rings. The van der Waals surface area contributed by atoms with E-state index in [1.807, 2.05) is 0 Å². The van der Waals surface area contributed by atoms with E-state index in [9.17, 15) is 8.42 Å². The van der Waals surface area contributed by atoms with Gasteiger partial charge in [0, 0.05) is 6.04 Å². The molecular formula is C12H11ClN2O4S2. The predicted molar refractivity (Wildman–Crippen MR) is 78.4 cm³/mol. The first kappa shape index (κ1) is 14.6. The first-order valence-electron chi connectivity index (χ1n) is 5.99. The molecule has 1 aliphatic rings. The highest BCUT2D eigenvalue weighted by Crippen LogP contribution is 2.34. The highest BCUT2D eigenvalue weighted by Gasteiger charge is 2.22. The molecule has 0 amide bonds. The van der Waals surface area contributed by atoms with Crippen LogP contribution in [0.25, 0.3) is 0 Å². The molecule has 1 aromatic heterocycles. The lowest BCUT2D eigenvalue weighted by atomic mass is 10.1. The molecule has 112 valence electrons. The molecule has 1 unspecified atom stereocenters. The smallest absolute Gasteiger partial charge is 0.252 e. The van der Waals surface area contributed by atoms with Crippen LogP contribution in [0.1, 0.15) is 18.5 Å². The number of rotatable bonds is 4.